The van der Waals surface area contributed by atoms with Gasteiger partial charge in [-0.3, -0.25) is 4.79 Å². The molecule has 0 aromatic heterocycles. The van der Waals surface area contributed by atoms with E-state index in [-0.39, 0.29) is 29.6 Å². The summed E-state index contributed by atoms with van der Waals surface area (Å²) in [7, 11) is 0. The van der Waals surface area contributed by atoms with E-state index in [1.807, 2.05) is 42.2 Å². The van der Waals surface area contributed by atoms with Crippen LogP contribution in [0, 0.1) is 11.3 Å². The topological polar surface area (TPSA) is 55.6 Å². The fourth-order valence-electron chi connectivity index (χ4n) is 2.68. The number of para-hydroxylation sites is 1. The average Bonchev–Trinajstić information content (AvgIpc) is 2.91. The summed E-state index contributed by atoms with van der Waals surface area (Å²) in [6, 6.07) is 9.71. The first kappa shape index (κ1) is 18.8. The molecule has 1 aromatic rings. The molecule has 0 spiro atoms. The van der Waals surface area contributed by atoms with Gasteiger partial charge in [0.15, 0.2) is 0 Å². The maximum absolute atomic E-state index is 12.4. The van der Waals surface area contributed by atoms with Crippen LogP contribution < -0.4 is 10.5 Å². The standard InChI is InChI=1S/C17H26N2O2.ClH/c1-14(8-11-21-15-6-4-3-5-7-15)16(20)19-10-9-17(2,12-18)13-19;/h3-7,14H,8-13,18H2,1-2H3;1H. The molecule has 2 N–H and O–H groups in total. The monoisotopic (exact) mass is 326 g/mol. The lowest BCUT2D eigenvalue weighted by Crippen LogP contribution is -2.37. The minimum Gasteiger partial charge on any atom is -0.494 e. The Morgan fingerprint density at radius 2 is 2.09 bits per heavy atom. The Kier molecular flexibility index (Phi) is 7.17. The molecule has 1 aromatic carbocycles. The molecular formula is C17H27ClN2O2. The van der Waals surface area contributed by atoms with E-state index in [2.05, 4.69) is 6.92 Å². The first-order valence-electron chi connectivity index (χ1n) is 7.71. The predicted molar refractivity (Wildman–Crippen MR) is 91.3 cm³/mol. The van der Waals surface area contributed by atoms with Crippen molar-refractivity contribution < 1.29 is 9.53 Å². The molecule has 1 aliphatic rings. The second kappa shape index (κ2) is 8.39. The SMILES string of the molecule is CC(CCOc1ccccc1)C(=O)N1CCC(C)(CN)C1.Cl. The minimum absolute atomic E-state index is 0. The summed E-state index contributed by atoms with van der Waals surface area (Å²) >= 11 is 0. The van der Waals surface area contributed by atoms with E-state index >= 15 is 0 Å². The first-order valence-corrected chi connectivity index (χ1v) is 7.71. The highest BCUT2D eigenvalue weighted by molar-refractivity contribution is 5.85. The normalized spacial score (nSPS) is 22.0. The summed E-state index contributed by atoms with van der Waals surface area (Å²) in [4.78, 5) is 14.4. The van der Waals surface area contributed by atoms with Crippen LogP contribution in [0.4, 0.5) is 0 Å². The van der Waals surface area contributed by atoms with Gasteiger partial charge >= 0.3 is 0 Å². The van der Waals surface area contributed by atoms with E-state index < -0.39 is 0 Å². The Bertz CT molecular complexity index is 469. The summed E-state index contributed by atoms with van der Waals surface area (Å²) in [5.74, 6) is 1.08. The van der Waals surface area contributed by atoms with Gasteiger partial charge in [-0.25, -0.2) is 0 Å². The molecule has 4 nitrogen and oxygen atoms in total. The fourth-order valence-corrected chi connectivity index (χ4v) is 2.68. The lowest BCUT2D eigenvalue weighted by atomic mass is 9.90. The van der Waals surface area contributed by atoms with Crippen molar-refractivity contribution in [2.24, 2.45) is 17.1 Å². The number of nitrogens with zero attached hydrogens (tertiary/aromatic N) is 1. The fraction of sp³-hybridized carbons (Fsp3) is 0.588. The summed E-state index contributed by atoms with van der Waals surface area (Å²) in [5, 5.41) is 0. The zero-order valence-electron chi connectivity index (χ0n) is 13.5. The molecular weight excluding hydrogens is 300 g/mol. The number of rotatable bonds is 6. The van der Waals surface area contributed by atoms with Crippen molar-refractivity contribution in [3.05, 3.63) is 30.3 Å². The molecule has 1 amide bonds. The zero-order valence-corrected chi connectivity index (χ0v) is 14.3. The summed E-state index contributed by atoms with van der Waals surface area (Å²) in [5.41, 5.74) is 5.89. The highest BCUT2D eigenvalue weighted by atomic mass is 35.5. The Balaban J connectivity index is 0.00000242. The van der Waals surface area contributed by atoms with Crippen LogP contribution >= 0.6 is 12.4 Å². The second-order valence-electron chi connectivity index (χ2n) is 6.38. The van der Waals surface area contributed by atoms with Crippen molar-refractivity contribution in [1.82, 2.24) is 4.90 Å². The third-order valence-electron chi connectivity index (χ3n) is 4.35. The number of hydrogen-bond donors (Lipinski definition) is 1. The number of carbonyl (C=O) groups excluding carboxylic acids is 1. The van der Waals surface area contributed by atoms with Crippen molar-refractivity contribution in [3.63, 3.8) is 0 Å². The molecule has 1 aliphatic heterocycles. The third kappa shape index (κ3) is 4.89. The third-order valence-corrected chi connectivity index (χ3v) is 4.35. The van der Waals surface area contributed by atoms with Gasteiger partial charge in [-0.1, -0.05) is 32.0 Å². The van der Waals surface area contributed by atoms with Gasteiger partial charge in [-0.05, 0) is 36.9 Å². The van der Waals surface area contributed by atoms with Crippen molar-refractivity contribution >= 4 is 18.3 Å². The largest absolute Gasteiger partial charge is 0.494 e. The Hall–Kier alpha value is -1.26. The van der Waals surface area contributed by atoms with Gasteiger partial charge in [-0.2, -0.15) is 0 Å². The average molecular weight is 327 g/mol. The van der Waals surface area contributed by atoms with Crippen molar-refractivity contribution in [1.29, 1.82) is 0 Å². The number of ether oxygens (including phenoxy) is 1. The van der Waals surface area contributed by atoms with E-state index in [0.29, 0.717) is 13.2 Å². The molecule has 2 atom stereocenters. The van der Waals surface area contributed by atoms with Crippen molar-refractivity contribution in [2.45, 2.75) is 26.7 Å². The van der Waals surface area contributed by atoms with Crippen LogP contribution in [0.25, 0.3) is 0 Å². The molecule has 2 rings (SSSR count). The van der Waals surface area contributed by atoms with Crippen LogP contribution in [0.15, 0.2) is 30.3 Å². The van der Waals surface area contributed by atoms with Gasteiger partial charge in [0.2, 0.25) is 5.91 Å². The number of hydrogen-bond acceptors (Lipinski definition) is 3. The quantitative estimate of drug-likeness (QED) is 0.874. The van der Waals surface area contributed by atoms with Crippen molar-refractivity contribution in [3.8, 4) is 5.75 Å². The maximum Gasteiger partial charge on any atom is 0.225 e. The number of halogens is 1. The van der Waals surface area contributed by atoms with Crippen LogP contribution in [0.5, 0.6) is 5.75 Å². The molecule has 5 heteroatoms. The lowest BCUT2D eigenvalue weighted by molar-refractivity contribution is -0.134. The van der Waals surface area contributed by atoms with Crippen LogP contribution in [-0.2, 0) is 4.79 Å². The van der Waals surface area contributed by atoms with E-state index in [0.717, 1.165) is 31.7 Å². The Morgan fingerprint density at radius 3 is 2.68 bits per heavy atom. The van der Waals surface area contributed by atoms with Gasteiger partial charge in [0.1, 0.15) is 5.75 Å². The summed E-state index contributed by atoms with van der Waals surface area (Å²) < 4.78 is 5.66. The Morgan fingerprint density at radius 1 is 1.41 bits per heavy atom. The highest BCUT2D eigenvalue weighted by Gasteiger charge is 2.36. The van der Waals surface area contributed by atoms with Crippen LogP contribution in [-0.4, -0.2) is 37.0 Å². The molecule has 2 unspecified atom stereocenters. The van der Waals surface area contributed by atoms with Crippen LogP contribution in [0.1, 0.15) is 26.7 Å². The molecule has 0 aliphatic carbocycles. The lowest BCUT2D eigenvalue weighted by Gasteiger charge is -2.24. The number of carbonyl (C=O) groups is 1. The molecule has 124 valence electrons. The van der Waals surface area contributed by atoms with Gasteiger partial charge in [0.25, 0.3) is 0 Å². The number of benzene rings is 1. The van der Waals surface area contributed by atoms with Gasteiger partial charge in [0.05, 0.1) is 6.61 Å². The molecule has 0 radical (unpaired) electrons. The van der Waals surface area contributed by atoms with E-state index in [1.165, 1.54) is 0 Å². The van der Waals surface area contributed by atoms with Crippen molar-refractivity contribution in [2.75, 3.05) is 26.2 Å². The van der Waals surface area contributed by atoms with E-state index in [4.69, 9.17) is 10.5 Å². The summed E-state index contributed by atoms with van der Waals surface area (Å²) in [6.07, 6.45) is 1.74. The number of amides is 1. The van der Waals surface area contributed by atoms with E-state index in [1.54, 1.807) is 0 Å². The molecule has 0 bridgehead atoms. The predicted octanol–water partition coefficient (Wildman–Crippen LogP) is 2.71. The van der Waals surface area contributed by atoms with Crippen LogP contribution in [0.3, 0.4) is 0 Å². The highest BCUT2D eigenvalue weighted by Crippen LogP contribution is 2.29. The molecule has 1 heterocycles. The van der Waals surface area contributed by atoms with Gasteiger partial charge < -0.3 is 15.4 Å². The van der Waals surface area contributed by atoms with Crippen LogP contribution in [0.2, 0.25) is 0 Å². The number of nitrogens with two attached hydrogens (primary N) is 1. The zero-order chi connectivity index (χ0) is 15.3. The molecule has 1 saturated heterocycles. The second-order valence-corrected chi connectivity index (χ2v) is 6.38. The maximum atomic E-state index is 12.4. The smallest absolute Gasteiger partial charge is 0.225 e. The minimum atomic E-state index is -0.00571. The van der Waals surface area contributed by atoms with Gasteiger partial charge in [-0.15, -0.1) is 12.4 Å². The summed E-state index contributed by atoms with van der Waals surface area (Å²) in [6.45, 7) is 6.96. The first-order chi connectivity index (χ1) is 10.0. The Labute approximate surface area is 139 Å². The van der Waals surface area contributed by atoms with E-state index in [9.17, 15) is 4.79 Å². The van der Waals surface area contributed by atoms with Gasteiger partial charge in [0, 0.05) is 19.0 Å². The molecule has 22 heavy (non-hydrogen) atoms. The number of likely N-dealkylation sites (tertiary alicyclic amines) is 1. The molecule has 0 saturated carbocycles. The molecule has 1 fully saturated rings.